The number of hydrogen-bond acceptors (Lipinski definition) is 1. The molecular weight excluding hydrogens is 773 g/mol. The Kier molecular flexibility index (Phi) is 10.5. The Labute approximate surface area is 379 Å². The number of fused-ring (bicyclic) bond motifs is 8. The van der Waals surface area contributed by atoms with Crippen molar-refractivity contribution in [2.24, 2.45) is 0 Å². The lowest BCUT2D eigenvalue weighted by molar-refractivity contribution is 0.661. The summed E-state index contributed by atoms with van der Waals surface area (Å²) in [5, 5.41) is 5.02. The zero-order valence-corrected chi connectivity index (χ0v) is 38.7. The van der Waals surface area contributed by atoms with E-state index in [1.165, 1.54) is 111 Å². The standard InChI is InChI=1S/C62H58N2/c1-9-11-22-49(42(5)19-10-2)55-36-44(28-27-43(55)6)45-29-31-54-56(37-45)62(7,8)57-39-60(51-24-15-16-25-53(51)61(54)57)63(46-20-13-12-14-21-46)47-30-32-52-50-23-17-18-26-58(50)64(59(52)38-47)48-34-40(3)33-41(4)35-48/h11-18,20-39H,9-10,19H2,1-8H3/b22-11-,49-42-. The molecule has 0 amide bonds. The first-order chi connectivity index (χ1) is 31.1. The van der Waals surface area contributed by atoms with Gasteiger partial charge in [-0.25, -0.2) is 0 Å². The highest BCUT2D eigenvalue weighted by molar-refractivity contribution is 6.13. The van der Waals surface area contributed by atoms with Crippen molar-refractivity contribution in [3.05, 3.63) is 209 Å². The van der Waals surface area contributed by atoms with Crippen LogP contribution in [0.25, 0.3) is 66.1 Å². The summed E-state index contributed by atoms with van der Waals surface area (Å²) in [5.41, 5.74) is 22.7. The number of aromatic nitrogens is 1. The summed E-state index contributed by atoms with van der Waals surface area (Å²) in [6.45, 7) is 18.3. The van der Waals surface area contributed by atoms with Gasteiger partial charge in [0.25, 0.3) is 0 Å². The molecular formula is C62H58N2. The average Bonchev–Trinajstić information content (AvgIpc) is 3.74. The van der Waals surface area contributed by atoms with E-state index in [9.17, 15) is 0 Å². The molecule has 0 bridgehead atoms. The first-order valence-electron chi connectivity index (χ1n) is 23.2. The van der Waals surface area contributed by atoms with Gasteiger partial charge in [-0.1, -0.05) is 149 Å². The second-order valence-electron chi connectivity index (χ2n) is 18.6. The van der Waals surface area contributed by atoms with Gasteiger partial charge in [0.05, 0.1) is 16.7 Å². The van der Waals surface area contributed by atoms with Gasteiger partial charge in [0, 0.05) is 38.6 Å². The van der Waals surface area contributed by atoms with E-state index >= 15 is 0 Å². The third kappa shape index (κ3) is 6.88. The normalized spacial score (nSPS) is 13.5. The molecule has 0 radical (unpaired) electrons. The van der Waals surface area contributed by atoms with Crippen LogP contribution in [0.4, 0.5) is 17.1 Å². The molecule has 0 spiro atoms. The van der Waals surface area contributed by atoms with Gasteiger partial charge in [-0.3, -0.25) is 0 Å². The third-order valence-corrected chi connectivity index (χ3v) is 13.8. The van der Waals surface area contributed by atoms with Crippen LogP contribution in [0.1, 0.15) is 87.3 Å². The Bertz CT molecular complexity index is 3310. The summed E-state index contributed by atoms with van der Waals surface area (Å²) < 4.78 is 2.46. The van der Waals surface area contributed by atoms with Crippen LogP contribution in [0.2, 0.25) is 0 Å². The first-order valence-corrected chi connectivity index (χ1v) is 23.2. The molecule has 0 fully saturated rings. The monoisotopic (exact) mass is 830 g/mol. The number of rotatable bonds is 10. The summed E-state index contributed by atoms with van der Waals surface area (Å²) in [6, 6.07) is 59.5. The summed E-state index contributed by atoms with van der Waals surface area (Å²) >= 11 is 0. The molecule has 8 aromatic carbocycles. The van der Waals surface area contributed by atoms with Gasteiger partial charge in [-0.05, 0) is 168 Å². The van der Waals surface area contributed by atoms with Crippen molar-refractivity contribution >= 4 is 55.2 Å². The van der Waals surface area contributed by atoms with Gasteiger partial charge < -0.3 is 9.47 Å². The first kappa shape index (κ1) is 41.1. The number of hydrogen-bond donors (Lipinski definition) is 0. The minimum atomic E-state index is -0.249. The fourth-order valence-corrected chi connectivity index (χ4v) is 10.7. The van der Waals surface area contributed by atoms with Crippen molar-refractivity contribution in [3.8, 4) is 27.9 Å². The van der Waals surface area contributed by atoms with Gasteiger partial charge in [0.15, 0.2) is 0 Å². The molecule has 64 heavy (non-hydrogen) atoms. The molecule has 9 aromatic rings. The van der Waals surface area contributed by atoms with E-state index in [0.717, 1.165) is 30.6 Å². The quantitative estimate of drug-likeness (QED) is 0.125. The van der Waals surface area contributed by atoms with Crippen molar-refractivity contribution < 1.29 is 0 Å². The molecule has 1 aliphatic rings. The average molecular weight is 831 g/mol. The van der Waals surface area contributed by atoms with Crippen molar-refractivity contribution in [2.45, 2.75) is 80.1 Å². The molecule has 1 heterocycles. The summed E-state index contributed by atoms with van der Waals surface area (Å²) in [6.07, 6.45) is 7.92. The Morgan fingerprint density at radius 2 is 1.27 bits per heavy atom. The predicted molar refractivity (Wildman–Crippen MR) is 277 cm³/mol. The number of para-hydroxylation sites is 2. The van der Waals surface area contributed by atoms with E-state index in [1.54, 1.807) is 0 Å². The topological polar surface area (TPSA) is 8.17 Å². The van der Waals surface area contributed by atoms with E-state index in [2.05, 4.69) is 235 Å². The van der Waals surface area contributed by atoms with Crippen LogP contribution in [0.3, 0.4) is 0 Å². The minimum absolute atomic E-state index is 0.249. The highest BCUT2D eigenvalue weighted by Crippen LogP contribution is 2.55. The van der Waals surface area contributed by atoms with Crippen LogP contribution >= 0.6 is 0 Å². The maximum absolute atomic E-state index is 2.51. The lowest BCUT2D eigenvalue weighted by Crippen LogP contribution is -2.17. The van der Waals surface area contributed by atoms with Gasteiger partial charge in [-0.15, -0.1) is 0 Å². The Morgan fingerprint density at radius 1 is 0.594 bits per heavy atom. The number of allylic oxidation sites excluding steroid dienone is 4. The Hall–Kier alpha value is -6.90. The molecule has 0 unspecified atom stereocenters. The van der Waals surface area contributed by atoms with E-state index in [0.29, 0.717) is 0 Å². The second-order valence-corrected chi connectivity index (χ2v) is 18.6. The Balaban J connectivity index is 1.16. The Morgan fingerprint density at radius 3 is 2.02 bits per heavy atom. The number of benzene rings is 8. The van der Waals surface area contributed by atoms with Crippen LogP contribution in [-0.4, -0.2) is 4.57 Å². The second kappa shape index (κ2) is 16.3. The summed E-state index contributed by atoms with van der Waals surface area (Å²) in [4.78, 5) is 2.49. The van der Waals surface area contributed by atoms with Gasteiger partial charge in [0.2, 0.25) is 0 Å². The van der Waals surface area contributed by atoms with Crippen molar-refractivity contribution in [2.75, 3.05) is 4.90 Å². The van der Waals surface area contributed by atoms with E-state index < -0.39 is 0 Å². The molecule has 0 saturated heterocycles. The van der Waals surface area contributed by atoms with Crippen molar-refractivity contribution in [3.63, 3.8) is 0 Å². The SMILES string of the molecule is CC/C=C\C(=C(/C)CCC)c1cc(-c2ccc3c(c2)C(C)(C)c2cc(N(c4ccccc4)c4ccc5c6ccccc6n(-c6cc(C)cc(C)c6)c5c4)c4ccccc4c2-3)ccc1C. The van der Waals surface area contributed by atoms with E-state index in [1.807, 2.05) is 0 Å². The highest BCUT2D eigenvalue weighted by Gasteiger charge is 2.38. The largest absolute Gasteiger partial charge is 0.310 e. The molecule has 316 valence electrons. The van der Waals surface area contributed by atoms with Gasteiger partial charge in [-0.2, -0.15) is 0 Å². The molecule has 1 aromatic heterocycles. The fraction of sp³-hybridized carbons (Fsp3) is 0.194. The van der Waals surface area contributed by atoms with Gasteiger partial charge in [0.1, 0.15) is 0 Å². The lowest BCUT2D eigenvalue weighted by atomic mass is 9.80. The number of nitrogens with zero attached hydrogens (tertiary/aromatic N) is 2. The van der Waals surface area contributed by atoms with E-state index in [4.69, 9.17) is 0 Å². The molecule has 0 saturated carbocycles. The zero-order chi connectivity index (χ0) is 44.3. The minimum Gasteiger partial charge on any atom is -0.310 e. The molecule has 2 heteroatoms. The molecule has 1 aliphatic carbocycles. The van der Waals surface area contributed by atoms with Gasteiger partial charge >= 0.3 is 0 Å². The predicted octanol–water partition coefficient (Wildman–Crippen LogP) is 17.8. The van der Waals surface area contributed by atoms with Crippen LogP contribution < -0.4 is 4.90 Å². The summed E-state index contributed by atoms with van der Waals surface area (Å²) in [5.74, 6) is 0. The lowest BCUT2D eigenvalue weighted by Gasteiger charge is -2.30. The highest BCUT2D eigenvalue weighted by atomic mass is 15.1. The molecule has 0 atom stereocenters. The van der Waals surface area contributed by atoms with Crippen molar-refractivity contribution in [1.29, 1.82) is 0 Å². The van der Waals surface area contributed by atoms with Crippen molar-refractivity contribution in [1.82, 2.24) is 4.57 Å². The smallest absolute Gasteiger partial charge is 0.0561 e. The zero-order valence-electron chi connectivity index (χ0n) is 38.7. The number of anilines is 3. The summed E-state index contributed by atoms with van der Waals surface area (Å²) in [7, 11) is 0. The number of aryl methyl sites for hydroxylation is 3. The van der Waals surface area contributed by atoms with E-state index in [-0.39, 0.29) is 5.41 Å². The molecule has 0 aliphatic heterocycles. The molecule has 10 rings (SSSR count). The maximum Gasteiger partial charge on any atom is 0.0561 e. The third-order valence-electron chi connectivity index (χ3n) is 13.8. The van der Waals surface area contributed by atoms with Crippen LogP contribution in [0.15, 0.2) is 175 Å². The van der Waals surface area contributed by atoms with Crippen LogP contribution in [-0.2, 0) is 5.41 Å². The maximum atomic E-state index is 2.51. The molecule has 2 nitrogen and oxygen atoms in total. The van der Waals surface area contributed by atoms with Crippen LogP contribution in [0, 0.1) is 20.8 Å². The van der Waals surface area contributed by atoms with Crippen LogP contribution in [0.5, 0.6) is 0 Å². The molecule has 0 N–H and O–H groups in total. The fourth-order valence-electron chi connectivity index (χ4n) is 10.7.